The molecule has 130 valence electrons. The Morgan fingerprint density at radius 3 is 2.84 bits per heavy atom. The zero-order chi connectivity index (χ0) is 17.6. The van der Waals surface area contributed by atoms with Crippen LogP contribution in [0.15, 0.2) is 48.9 Å². The zero-order valence-corrected chi connectivity index (χ0v) is 14.1. The second-order valence-electron chi connectivity index (χ2n) is 6.06. The van der Waals surface area contributed by atoms with Gasteiger partial charge in [-0.2, -0.15) is 0 Å². The molecule has 2 heterocycles. The molecular formula is C18H21N5O2. The minimum Gasteiger partial charge on any atom is -0.333 e. The summed E-state index contributed by atoms with van der Waals surface area (Å²) < 4.78 is 0. The van der Waals surface area contributed by atoms with Crippen LogP contribution in [0.2, 0.25) is 0 Å². The number of benzene rings is 1. The first-order valence-corrected chi connectivity index (χ1v) is 8.25. The van der Waals surface area contributed by atoms with Crippen molar-refractivity contribution in [3.63, 3.8) is 0 Å². The summed E-state index contributed by atoms with van der Waals surface area (Å²) in [6.07, 6.45) is 5.91. The van der Waals surface area contributed by atoms with E-state index in [2.05, 4.69) is 15.3 Å². The van der Waals surface area contributed by atoms with Gasteiger partial charge in [0, 0.05) is 57.3 Å². The predicted octanol–water partition coefficient (Wildman–Crippen LogP) is 1.47. The third-order valence-corrected chi connectivity index (χ3v) is 4.19. The second kappa shape index (κ2) is 7.74. The lowest BCUT2D eigenvalue weighted by atomic mass is 10.2. The molecule has 0 bridgehead atoms. The maximum Gasteiger partial charge on any atom is 0.317 e. The molecule has 0 unspecified atom stereocenters. The molecule has 1 N–H and O–H groups in total. The Hall–Kier alpha value is -2.96. The number of hydrogen-bond acceptors (Lipinski definition) is 4. The van der Waals surface area contributed by atoms with Crippen molar-refractivity contribution in [2.24, 2.45) is 0 Å². The molecular weight excluding hydrogens is 318 g/mol. The van der Waals surface area contributed by atoms with E-state index in [1.165, 1.54) is 0 Å². The van der Waals surface area contributed by atoms with Crippen LogP contribution in [-0.2, 0) is 11.2 Å². The molecule has 0 saturated carbocycles. The number of aromatic nitrogens is 2. The standard InChI is InChI=1S/C18H21N5O2/c1-22(10-7-14-12-19-8-9-20-14)18(25)21-15-11-17(24)23(13-15)16-5-3-2-4-6-16/h2-6,8-9,12,15H,7,10-11,13H2,1H3,(H,21,25)/t15-/m0/s1. The van der Waals surface area contributed by atoms with Gasteiger partial charge in [-0.3, -0.25) is 14.8 Å². The van der Waals surface area contributed by atoms with Gasteiger partial charge in [0.15, 0.2) is 0 Å². The summed E-state index contributed by atoms with van der Waals surface area (Å²) in [5.74, 6) is 0.0266. The highest BCUT2D eigenvalue weighted by Crippen LogP contribution is 2.21. The van der Waals surface area contributed by atoms with Gasteiger partial charge >= 0.3 is 6.03 Å². The van der Waals surface area contributed by atoms with Crippen LogP contribution < -0.4 is 10.2 Å². The van der Waals surface area contributed by atoms with Crippen LogP contribution in [0.4, 0.5) is 10.5 Å². The van der Waals surface area contributed by atoms with Gasteiger partial charge in [0.1, 0.15) is 0 Å². The lowest BCUT2D eigenvalue weighted by Gasteiger charge is -2.21. The second-order valence-corrected chi connectivity index (χ2v) is 6.06. The average Bonchev–Trinajstić information content (AvgIpc) is 3.01. The monoisotopic (exact) mass is 339 g/mol. The molecule has 1 atom stereocenters. The van der Waals surface area contributed by atoms with Crippen LogP contribution in [0.1, 0.15) is 12.1 Å². The molecule has 2 aromatic rings. The Morgan fingerprint density at radius 2 is 2.12 bits per heavy atom. The third-order valence-electron chi connectivity index (χ3n) is 4.19. The van der Waals surface area contributed by atoms with E-state index in [1.807, 2.05) is 30.3 Å². The topological polar surface area (TPSA) is 78.4 Å². The van der Waals surface area contributed by atoms with Gasteiger partial charge < -0.3 is 15.1 Å². The van der Waals surface area contributed by atoms with Gasteiger partial charge in [0.25, 0.3) is 0 Å². The fraction of sp³-hybridized carbons (Fsp3) is 0.333. The Morgan fingerprint density at radius 1 is 1.32 bits per heavy atom. The van der Waals surface area contributed by atoms with Crippen LogP contribution in [0.5, 0.6) is 0 Å². The van der Waals surface area contributed by atoms with E-state index in [9.17, 15) is 9.59 Å². The highest BCUT2D eigenvalue weighted by atomic mass is 16.2. The van der Waals surface area contributed by atoms with Crippen molar-refractivity contribution in [2.75, 3.05) is 25.0 Å². The summed E-state index contributed by atoms with van der Waals surface area (Å²) in [5, 5.41) is 2.93. The van der Waals surface area contributed by atoms with Crippen molar-refractivity contribution in [1.29, 1.82) is 0 Å². The first kappa shape index (κ1) is 16.9. The summed E-state index contributed by atoms with van der Waals surface area (Å²) in [4.78, 5) is 36.0. The normalized spacial score (nSPS) is 16.8. The highest BCUT2D eigenvalue weighted by molar-refractivity contribution is 5.96. The van der Waals surface area contributed by atoms with Gasteiger partial charge in [-0.25, -0.2) is 4.79 Å². The number of para-hydroxylation sites is 1. The lowest BCUT2D eigenvalue weighted by Crippen LogP contribution is -2.44. The van der Waals surface area contributed by atoms with Crippen molar-refractivity contribution >= 4 is 17.6 Å². The fourth-order valence-corrected chi connectivity index (χ4v) is 2.79. The van der Waals surface area contributed by atoms with Crippen molar-refractivity contribution in [3.8, 4) is 0 Å². The highest BCUT2D eigenvalue weighted by Gasteiger charge is 2.31. The SMILES string of the molecule is CN(CCc1cnccn1)C(=O)N[C@H]1CC(=O)N(c2ccccc2)C1. The summed E-state index contributed by atoms with van der Waals surface area (Å²) >= 11 is 0. The van der Waals surface area contributed by atoms with Crippen LogP contribution in [0, 0.1) is 0 Å². The van der Waals surface area contributed by atoms with E-state index in [4.69, 9.17) is 0 Å². The molecule has 0 aliphatic carbocycles. The Balaban J connectivity index is 1.50. The van der Waals surface area contributed by atoms with Crippen LogP contribution in [0.3, 0.4) is 0 Å². The van der Waals surface area contributed by atoms with Gasteiger partial charge in [0.2, 0.25) is 5.91 Å². The number of carbonyl (C=O) groups excluding carboxylic acids is 2. The minimum atomic E-state index is -0.184. The van der Waals surface area contributed by atoms with Crippen LogP contribution >= 0.6 is 0 Å². The number of nitrogens with one attached hydrogen (secondary N) is 1. The summed E-state index contributed by atoms with van der Waals surface area (Å²) in [6, 6.07) is 9.14. The summed E-state index contributed by atoms with van der Waals surface area (Å²) in [5.41, 5.74) is 1.70. The molecule has 1 saturated heterocycles. The van der Waals surface area contributed by atoms with Crippen LogP contribution in [0.25, 0.3) is 0 Å². The molecule has 25 heavy (non-hydrogen) atoms. The lowest BCUT2D eigenvalue weighted by molar-refractivity contribution is -0.117. The van der Waals surface area contributed by atoms with Crippen molar-refractivity contribution in [3.05, 3.63) is 54.6 Å². The van der Waals surface area contributed by atoms with E-state index in [1.54, 1.807) is 35.4 Å². The third kappa shape index (κ3) is 4.32. The van der Waals surface area contributed by atoms with Gasteiger partial charge in [-0.15, -0.1) is 0 Å². The number of carbonyl (C=O) groups is 2. The smallest absolute Gasteiger partial charge is 0.317 e. The molecule has 1 aliphatic rings. The number of nitrogens with zero attached hydrogens (tertiary/aromatic N) is 4. The molecule has 0 radical (unpaired) electrons. The molecule has 1 aliphatic heterocycles. The first-order chi connectivity index (χ1) is 12.1. The number of urea groups is 1. The van der Waals surface area contributed by atoms with Crippen molar-refractivity contribution < 1.29 is 9.59 Å². The fourth-order valence-electron chi connectivity index (χ4n) is 2.79. The van der Waals surface area contributed by atoms with Crippen LogP contribution in [-0.4, -0.2) is 53.0 Å². The Kier molecular flexibility index (Phi) is 5.23. The van der Waals surface area contributed by atoms with Gasteiger partial charge in [-0.05, 0) is 12.1 Å². The maximum absolute atomic E-state index is 12.3. The number of hydrogen-bond donors (Lipinski definition) is 1. The first-order valence-electron chi connectivity index (χ1n) is 8.25. The predicted molar refractivity (Wildman–Crippen MR) is 94.1 cm³/mol. The van der Waals surface area contributed by atoms with E-state index in [-0.39, 0.29) is 18.0 Å². The number of likely N-dealkylation sites (N-methyl/N-ethyl adjacent to an activating group) is 1. The molecule has 0 spiro atoms. The van der Waals surface area contributed by atoms with E-state index in [0.717, 1.165) is 11.4 Å². The van der Waals surface area contributed by atoms with Crippen molar-refractivity contribution in [2.45, 2.75) is 18.9 Å². The molecule has 7 heteroatoms. The number of amides is 3. The van der Waals surface area contributed by atoms with E-state index >= 15 is 0 Å². The molecule has 3 rings (SSSR count). The zero-order valence-electron chi connectivity index (χ0n) is 14.1. The average molecular weight is 339 g/mol. The quantitative estimate of drug-likeness (QED) is 0.895. The van der Waals surface area contributed by atoms with Gasteiger partial charge in [0.05, 0.1) is 11.7 Å². The van der Waals surface area contributed by atoms with E-state index < -0.39 is 0 Å². The summed E-state index contributed by atoms with van der Waals surface area (Å²) in [6.45, 7) is 1.03. The molecule has 1 aromatic heterocycles. The van der Waals surface area contributed by atoms with Crippen molar-refractivity contribution in [1.82, 2.24) is 20.2 Å². The Bertz CT molecular complexity index is 723. The maximum atomic E-state index is 12.3. The largest absolute Gasteiger partial charge is 0.333 e. The van der Waals surface area contributed by atoms with Gasteiger partial charge in [-0.1, -0.05) is 18.2 Å². The molecule has 7 nitrogen and oxygen atoms in total. The van der Waals surface area contributed by atoms with E-state index in [0.29, 0.717) is 25.9 Å². The molecule has 1 aromatic carbocycles. The molecule has 3 amide bonds. The number of rotatable bonds is 5. The summed E-state index contributed by atoms with van der Waals surface area (Å²) in [7, 11) is 1.73. The molecule has 1 fully saturated rings. The number of anilines is 1. The Labute approximate surface area is 146 Å². The minimum absolute atomic E-state index is 0.0266.